The second-order valence-electron chi connectivity index (χ2n) is 25.3. The van der Waals surface area contributed by atoms with E-state index in [2.05, 4.69) is 0 Å². The van der Waals surface area contributed by atoms with Crippen LogP contribution in [-0.4, -0.2) is 141 Å². The zero-order valence-corrected chi connectivity index (χ0v) is 61.8. The molecule has 0 unspecified atom stereocenters. The molecule has 0 radical (unpaired) electrons. The summed E-state index contributed by atoms with van der Waals surface area (Å²) in [5.74, 6) is -0.867. The van der Waals surface area contributed by atoms with Crippen molar-refractivity contribution < 1.29 is 119 Å². The van der Waals surface area contributed by atoms with Crippen LogP contribution in [0.3, 0.4) is 0 Å². The lowest BCUT2D eigenvalue weighted by Crippen LogP contribution is -2.42. The summed E-state index contributed by atoms with van der Waals surface area (Å²) in [6, 6.07) is 35.1. The van der Waals surface area contributed by atoms with E-state index in [0.717, 1.165) is 0 Å². The molecule has 0 saturated carbocycles. The first-order valence-electron chi connectivity index (χ1n) is 33.9. The SMILES string of the molecule is COc1ccc2c(c1)O[C@H](c1ccc(OC)c(OC)c1)[C@@H](OC(C)=O)[C@@H]2c1cc2c(cc1OC)O[C@H](c1ccc(OC)c(OC)c1)[C@@H](OC(C)=O)[C@@H]2c1c2c(c(OC)c([C@@H]3c4ccc(OC)cc4O[C@H](c4ccc(OC)c(OC)c4)[C@H]3OC(C)=O)c1OC)C[C@H](OC(C)=O)[C@@H](c1ccc(OC)c(OC)c1)O2. The van der Waals surface area contributed by atoms with Gasteiger partial charge in [-0.1, -0.05) is 36.4 Å². The van der Waals surface area contributed by atoms with Crippen LogP contribution in [0.2, 0.25) is 0 Å². The highest BCUT2D eigenvalue weighted by Gasteiger charge is 2.54. The molecule has 0 saturated heterocycles. The van der Waals surface area contributed by atoms with Gasteiger partial charge in [-0.2, -0.15) is 0 Å². The van der Waals surface area contributed by atoms with E-state index in [4.69, 9.17) is 99.5 Å². The van der Waals surface area contributed by atoms with Gasteiger partial charge in [0.25, 0.3) is 0 Å². The largest absolute Gasteiger partial charge is 0.497 e. The fourth-order valence-corrected chi connectivity index (χ4v) is 15.1. The Balaban J connectivity index is 1.25. The van der Waals surface area contributed by atoms with Crippen molar-refractivity contribution >= 4 is 23.9 Å². The fourth-order valence-electron chi connectivity index (χ4n) is 15.1. The smallest absolute Gasteiger partial charge is 0.303 e. The van der Waals surface area contributed by atoms with E-state index in [-0.39, 0.29) is 46.3 Å². The van der Waals surface area contributed by atoms with E-state index in [1.807, 2.05) is 12.1 Å². The number of carbonyl (C=O) groups is 4. The van der Waals surface area contributed by atoms with Gasteiger partial charge in [0, 0.05) is 114 Å². The van der Waals surface area contributed by atoms with Crippen LogP contribution in [0.5, 0.6) is 97.7 Å². The van der Waals surface area contributed by atoms with Crippen molar-refractivity contribution in [2.24, 2.45) is 0 Å². The van der Waals surface area contributed by atoms with Crippen molar-refractivity contribution in [3.63, 3.8) is 0 Å². The van der Waals surface area contributed by atoms with Crippen LogP contribution in [0.4, 0.5) is 0 Å². The molecule has 558 valence electrons. The van der Waals surface area contributed by atoms with Gasteiger partial charge in [0.1, 0.15) is 57.8 Å². The van der Waals surface area contributed by atoms with Crippen LogP contribution >= 0.6 is 0 Å². The highest BCUT2D eigenvalue weighted by Crippen LogP contribution is 2.64. The molecule has 0 aliphatic carbocycles. The molecule has 8 aromatic carbocycles. The van der Waals surface area contributed by atoms with Crippen LogP contribution in [0.1, 0.15) is 131 Å². The zero-order valence-electron chi connectivity index (χ0n) is 61.8. The molecule has 25 nitrogen and oxygen atoms in total. The first-order valence-corrected chi connectivity index (χ1v) is 33.9. The van der Waals surface area contributed by atoms with Gasteiger partial charge in [0.15, 0.2) is 88.7 Å². The molecule has 12 rings (SSSR count). The normalized spacial score (nSPS) is 20.8. The summed E-state index contributed by atoms with van der Waals surface area (Å²) in [5, 5.41) is 0. The highest BCUT2D eigenvalue weighted by atomic mass is 16.6. The van der Waals surface area contributed by atoms with Gasteiger partial charge in [-0.25, -0.2) is 0 Å². The van der Waals surface area contributed by atoms with Crippen molar-refractivity contribution in [3.05, 3.63) is 183 Å². The molecule has 0 aromatic heterocycles. The van der Waals surface area contributed by atoms with E-state index in [1.54, 1.807) is 109 Å². The lowest BCUT2D eigenvalue weighted by molar-refractivity contribution is -0.154. The summed E-state index contributed by atoms with van der Waals surface area (Å²) in [7, 11) is 19.6. The minimum atomic E-state index is -1.46. The van der Waals surface area contributed by atoms with Gasteiger partial charge < -0.3 is 99.5 Å². The van der Waals surface area contributed by atoms with E-state index in [9.17, 15) is 19.2 Å². The van der Waals surface area contributed by atoms with Crippen molar-refractivity contribution in [2.45, 2.75) is 101 Å². The molecule has 0 spiro atoms. The third kappa shape index (κ3) is 13.8. The van der Waals surface area contributed by atoms with Crippen molar-refractivity contribution in [2.75, 3.05) is 92.4 Å². The third-order valence-electron chi connectivity index (χ3n) is 19.5. The maximum Gasteiger partial charge on any atom is 0.303 e. The lowest BCUT2D eigenvalue weighted by Gasteiger charge is -2.45. The number of ether oxygens (including phenoxy) is 21. The van der Waals surface area contributed by atoms with Gasteiger partial charge in [0.05, 0.1) is 110 Å². The molecule has 25 heteroatoms. The number of benzene rings is 8. The Morgan fingerprint density at radius 2 is 0.660 bits per heavy atom. The Hall–Kier alpha value is -11.8. The van der Waals surface area contributed by atoms with Crippen molar-refractivity contribution in [1.29, 1.82) is 0 Å². The second-order valence-corrected chi connectivity index (χ2v) is 25.3. The zero-order chi connectivity index (χ0) is 75.5. The predicted molar refractivity (Wildman–Crippen MR) is 382 cm³/mol. The molecule has 4 aliphatic rings. The summed E-state index contributed by atoms with van der Waals surface area (Å²) >= 11 is 0. The quantitative estimate of drug-likeness (QED) is 0.0402. The van der Waals surface area contributed by atoms with Crippen LogP contribution < -0.4 is 80.5 Å². The molecule has 11 atom stereocenters. The number of fused-ring (bicyclic) bond motifs is 4. The third-order valence-corrected chi connectivity index (χ3v) is 19.5. The second kappa shape index (κ2) is 31.3. The molecule has 0 fully saturated rings. The number of hydrogen-bond acceptors (Lipinski definition) is 25. The summed E-state index contributed by atoms with van der Waals surface area (Å²) in [6.07, 6.45) is -9.88. The van der Waals surface area contributed by atoms with Crippen LogP contribution in [0.25, 0.3) is 0 Å². The predicted octanol–water partition coefficient (Wildman–Crippen LogP) is 13.0. The first-order chi connectivity index (χ1) is 51.2. The Labute approximate surface area is 613 Å². The maximum atomic E-state index is 14.7. The summed E-state index contributed by atoms with van der Waals surface area (Å²) in [6.45, 7) is 5.19. The van der Waals surface area contributed by atoms with E-state index in [0.29, 0.717) is 119 Å². The van der Waals surface area contributed by atoms with Gasteiger partial charge >= 0.3 is 23.9 Å². The van der Waals surface area contributed by atoms with E-state index in [1.165, 1.54) is 120 Å². The minimum absolute atomic E-state index is 0.0673. The van der Waals surface area contributed by atoms with E-state index < -0.39 is 90.5 Å². The molecule has 0 bridgehead atoms. The molecule has 4 aliphatic heterocycles. The Bertz CT molecular complexity index is 4640. The Morgan fingerprint density at radius 1 is 0.302 bits per heavy atom. The molecule has 0 N–H and O–H groups in total. The Kier molecular flexibility index (Phi) is 21.8. The average Bonchev–Trinajstić information content (AvgIpc) is 0.705. The molecule has 8 aromatic rings. The van der Waals surface area contributed by atoms with Gasteiger partial charge in [-0.15, -0.1) is 0 Å². The number of hydrogen-bond donors (Lipinski definition) is 0. The highest BCUT2D eigenvalue weighted by molar-refractivity contribution is 5.75. The van der Waals surface area contributed by atoms with Crippen LogP contribution in [0, 0.1) is 0 Å². The molecular formula is C81H84O25. The summed E-state index contributed by atoms with van der Waals surface area (Å²) in [4.78, 5) is 56.7. The first kappa shape index (κ1) is 74.0. The van der Waals surface area contributed by atoms with Crippen LogP contribution in [0.15, 0.2) is 121 Å². The standard InChI is InChI=1S/C81H84O25/c1-39(82)99-66-37-53-76(97-16)70(68-50-25-23-48(87-6)35-60(50)104-74(80(68)101-41(3)84)45-20-28-56(90-9)64(32-45)95-14)78(98-17)71(77(53)106-72(66)43-18-26-54(88-7)62(30-43)93-12)69-52-36-51(58(92-11)38-61(52)105-75(81(69)102-42(4)85)46-21-29-57(91-10)65(33-46)96-15)67-49-24-22-47(86-5)34-59(49)103-73(79(67)100-40(2)83)44-19-27-55(89-8)63(31-44)94-13/h18-36,38,66-69,72-75,79-81H,37H2,1-17H3/t66-,67-,68-,69-,72+,73+,74+,75+,79-,80-,81-/m0/s1. The van der Waals surface area contributed by atoms with Crippen molar-refractivity contribution in [3.8, 4) is 97.7 Å². The van der Waals surface area contributed by atoms with Gasteiger partial charge in [-0.05, 0) is 66.7 Å². The monoisotopic (exact) mass is 1460 g/mol. The van der Waals surface area contributed by atoms with Gasteiger partial charge in [-0.3, -0.25) is 19.2 Å². The molecule has 4 heterocycles. The fraction of sp³-hybridized carbons (Fsp3) is 0.358. The molecule has 0 amide bonds. The lowest BCUT2D eigenvalue weighted by atomic mass is 9.72. The number of carbonyl (C=O) groups excluding carboxylic acids is 4. The topological polar surface area (TPSA) is 262 Å². The Morgan fingerprint density at radius 3 is 1.03 bits per heavy atom. The van der Waals surface area contributed by atoms with E-state index >= 15 is 0 Å². The maximum absolute atomic E-state index is 14.7. The summed E-state index contributed by atoms with van der Waals surface area (Å²) in [5.41, 5.74) is 4.56. The van der Waals surface area contributed by atoms with Gasteiger partial charge in [0.2, 0.25) is 0 Å². The molecule has 106 heavy (non-hydrogen) atoms. The summed E-state index contributed by atoms with van der Waals surface area (Å²) < 4.78 is 135. The number of esters is 4. The molecular weight excluding hydrogens is 1370 g/mol. The average molecular weight is 1460 g/mol. The minimum Gasteiger partial charge on any atom is -0.497 e. The van der Waals surface area contributed by atoms with Crippen molar-refractivity contribution in [1.82, 2.24) is 0 Å². The number of rotatable bonds is 24. The number of methoxy groups -OCH3 is 13. The van der Waals surface area contributed by atoms with Crippen LogP contribution in [-0.2, 0) is 44.5 Å².